The lowest BCUT2D eigenvalue weighted by Gasteiger charge is -2.52. The molecule has 4 atom stereocenters. The van der Waals surface area contributed by atoms with Crippen molar-refractivity contribution in [3.8, 4) is 0 Å². The molecule has 0 aromatic heterocycles. The fraction of sp³-hybridized carbons (Fsp3) is 0.889. The first-order chi connectivity index (χ1) is 5.69. The minimum Gasteiger partial charge on any atom is -0.350 e. The van der Waals surface area contributed by atoms with Crippen LogP contribution >= 0.6 is 0 Å². The summed E-state index contributed by atoms with van der Waals surface area (Å²) in [4.78, 5) is 10.9. The molecule has 0 aromatic rings. The zero-order valence-electron chi connectivity index (χ0n) is 7.26. The maximum atomic E-state index is 10.9. The molecule has 12 heavy (non-hydrogen) atoms. The van der Waals surface area contributed by atoms with Crippen LogP contribution in [0.25, 0.3) is 0 Å². The number of carbonyl (C=O) groups excluding carboxylic acids is 1. The van der Waals surface area contributed by atoms with Crippen molar-refractivity contribution in [2.24, 2.45) is 11.8 Å². The third kappa shape index (κ3) is 0.637. The molecule has 4 rings (SSSR count). The number of carbonyl (C=O) groups is 1. The monoisotopic (exact) mass is 166 g/mol. The lowest BCUT2D eigenvalue weighted by Crippen LogP contribution is -2.68. The van der Waals surface area contributed by atoms with Crippen molar-refractivity contribution in [3.05, 3.63) is 0 Å². The van der Waals surface area contributed by atoms with E-state index in [-0.39, 0.29) is 11.4 Å². The van der Waals surface area contributed by atoms with Gasteiger partial charge in [-0.1, -0.05) is 0 Å². The second-order valence-electron chi connectivity index (χ2n) is 4.68. The second-order valence-corrected chi connectivity index (χ2v) is 4.68. The number of fused-ring (bicyclic) bond motifs is 1. The molecule has 3 aliphatic heterocycles. The van der Waals surface area contributed by atoms with Gasteiger partial charge in [-0.25, -0.2) is 0 Å². The molecule has 3 nitrogen and oxygen atoms in total. The highest BCUT2D eigenvalue weighted by Gasteiger charge is 2.59. The summed E-state index contributed by atoms with van der Waals surface area (Å²) in [5.41, 5.74) is 0.133. The third-order valence-electron chi connectivity index (χ3n) is 3.83. The van der Waals surface area contributed by atoms with Crippen LogP contribution in [0.1, 0.15) is 19.8 Å². The van der Waals surface area contributed by atoms with Crippen LogP contribution < -0.4 is 10.6 Å². The molecule has 3 heteroatoms. The molecule has 2 N–H and O–H groups in total. The van der Waals surface area contributed by atoms with Gasteiger partial charge in [-0.2, -0.15) is 0 Å². The van der Waals surface area contributed by atoms with Crippen molar-refractivity contribution in [2.45, 2.75) is 31.3 Å². The SMILES string of the molecule is CC1(C2C3CNC2C3)CC(=O)N1. The second kappa shape index (κ2) is 1.84. The highest BCUT2D eigenvalue weighted by molar-refractivity contribution is 5.84. The van der Waals surface area contributed by atoms with E-state index in [1.54, 1.807) is 0 Å². The maximum absolute atomic E-state index is 10.9. The first-order valence-electron chi connectivity index (χ1n) is 4.73. The van der Waals surface area contributed by atoms with Gasteiger partial charge in [0.25, 0.3) is 0 Å². The number of hydrogen-bond donors (Lipinski definition) is 2. The van der Waals surface area contributed by atoms with E-state index in [0.717, 1.165) is 18.3 Å². The van der Waals surface area contributed by atoms with Crippen molar-refractivity contribution < 1.29 is 4.79 Å². The van der Waals surface area contributed by atoms with Crippen LogP contribution in [-0.2, 0) is 4.79 Å². The molecule has 66 valence electrons. The Morgan fingerprint density at radius 1 is 1.58 bits per heavy atom. The number of nitrogens with one attached hydrogen (secondary N) is 2. The van der Waals surface area contributed by atoms with Gasteiger partial charge in [0, 0.05) is 18.4 Å². The average molecular weight is 166 g/mol. The molecule has 3 heterocycles. The highest BCUT2D eigenvalue weighted by Crippen LogP contribution is 2.49. The normalized spacial score (nSPS) is 55.8. The van der Waals surface area contributed by atoms with E-state index in [4.69, 9.17) is 0 Å². The Hall–Kier alpha value is -0.570. The molecule has 4 unspecified atom stereocenters. The summed E-state index contributed by atoms with van der Waals surface area (Å²) in [6, 6.07) is 0.695. The third-order valence-corrected chi connectivity index (χ3v) is 3.83. The first kappa shape index (κ1) is 6.89. The summed E-state index contributed by atoms with van der Waals surface area (Å²) in [6.45, 7) is 3.35. The van der Waals surface area contributed by atoms with Gasteiger partial charge in [-0.3, -0.25) is 4.79 Å². The topological polar surface area (TPSA) is 41.1 Å². The van der Waals surface area contributed by atoms with E-state index in [2.05, 4.69) is 17.6 Å². The molecular formula is C9H14N2O. The molecule has 3 saturated heterocycles. The maximum Gasteiger partial charge on any atom is 0.222 e. The molecule has 1 aliphatic carbocycles. The zero-order chi connectivity index (χ0) is 8.34. The van der Waals surface area contributed by atoms with Crippen molar-refractivity contribution in [3.63, 3.8) is 0 Å². The average Bonchev–Trinajstić information content (AvgIpc) is 2.39. The van der Waals surface area contributed by atoms with Crippen molar-refractivity contribution in [1.82, 2.24) is 10.6 Å². The molecular weight excluding hydrogens is 152 g/mol. The molecule has 2 bridgehead atoms. The molecule has 0 aromatic carbocycles. The minimum atomic E-state index is 0.133. The van der Waals surface area contributed by atoms with Gasteiger partial charge in [0.15, 0.2) is 0 Å². The van der Waals surface area contributed by atoms with Gasteiger partial charge in [0.1, 0.15) is 0 Å². The lowest BCUT2D eigenvalue weighted by atomic mass is 9.60. The van der Waals surface area contributed by atoms with Crippen LogP contribution in [0.3, 0.4) is 0 Å². The van der Waals surface area contributed by atoms with Gasteiger partial charge in [0.2, 0.25) is 5.91 Å². The summed E-state index contributed by atoms with van der Waals surface area (Å²) in [5.74, 6) is 1.78. The Morgan fingerprint density at radius 3 is 2.75 bits per heavy atom. The summed E-state index contributed by atoms with van der Waals surface area (Å²) >= 11 is 0. The summed E-state index contributed by atoms with van der Waals surface area (Å²) in [6.07, 6.45) is 2.07. The van der Waals surface area contributed by atoms with Gasteiger partial charge in [-0.15, -0.1) is 0 Å². The quantitative estimate of drug-likeness (QED) is 0.533. The number of rotatable bonds is 1. The lowest BCUT2D eigenvalue weighted by molar-refractivity contribution is -0.137. The molecule has 1 saturated carbocycles. The summed E-state index contributed by atoms with van der Waals surface area (Å²) < 4.78 is 0. The Kier molecular flexibility index (Phi) is 1.06. The van der Waals surface area contributed by atoms with Crippen molar-refractivity contribution >= 4 is 5.91 Å². The Bertz CT molecular complexity index is 229. The predicted molar refractivity (Wildman–Crippen MR) is 44.6 cm³/mol. The Morgan fingerprint density at radius 2 is 2.33 bits per heavy atom. The number of hydrogen-bond acceptors (Lipinski definition) is 2. The Balaban J connectivity index is 1.78. The first-order valence-corrected chi connectivity index (χ1v) is 4.73. The highest BCUT2D eigenvalue weighted by atomic mass is 16.2. The van der Waals surface area contributed by atoms with Gasteiger partial charge < -0.3 is 10.6 Å². The molecule has 4 fully saturated rings. The minimum absolute atomic E-state index is 0.133. The fourth-order valence-electron chi connectivity index (χ4n) is 3.27. The molecule has 0 radical (unpaired) electrons. The van der Waals surface area contributed by atoms with Crippen molar-refractivity contribution in [1.29, 1.82) is 0 Å². The predicted octanol–water partition coefficient (Wildman–Crippen LogP) is -0.127. The van der Waals surface area contributed by atoms with E-state index in [9.17, 15) is 4.79 Å². The standard InChI is InChI=1S/C9H14N2O/c1-9(3-7(12)11-9)8-5-2-6(8)10-4-5/h5-6,8,10H,2-4H2,1H3,(H,11,12). The van der Waals surface area contributed by atoms with Crippen LogP contribution in [0, 0.1) is 11.8 Å². The van der Waals surface area contributed by atoms with E-state index in [0.29, 0.717) is 6.04 Å². The molecule has 1 amide bonds. The van der Waals surface area contributed by atoms with E-state index in [1.807, 2.05) is 0 Å². The van der Waals surface area contributed by atoms with Crippen LogP contribution in [0.2, 0.25) is 0 Å². The van der Waals surface area contributed by atoms with Gasteiger partial charge in [0.05, 0.1) is 5.54 Å². The zero-order valence-corrected chi connectivity index (χ0v) is 7.26. The van der Waals surface area contributed by atoms with Crippen molar-refractivity contribution in [2.75, 3.05) is 6.54 Å². The van der Waals surface area contributed by atoms with Crippen LogP contribution in [0.5, 0.6) is 0 Å². The van der Waals surface area contributed by atoms with Gasteiger partial charge >= 0.3 is 0 Å². The fourth-order valence-corrected chi connectivity index (χ4v) is 3.27. The van der Waals surface area contributed by atoms with Crippen LogP contribution in [-0.4, -0.2) is 24.0 Å². The molecule has 0 spiro atoms. The van der Waals surface area contributed by atoms with E-state index >= 15 is 0 Å². The number of β-lactam (4-membered cyclic amide) rings is 1. The molecule has 4 aliphatic rings. The Labute approximate surface area is 71.9 Å². The smallest absolute Gasteiger partial charge is 0.222 e. The summed E-state index contributed by atoms with van der Waals surface area (Å²) in [7, 11) is 0. The van der Waals surface area contributed by atoms with Gasteiger partial charge in [-0.05, 0) is 25.8 Å². The van der Waals surface area contributed by atoms with Crippen LogP contribution in [0.15, 0.2) is 0 Å². The van der Waals surface area contributed by atoms with Crippen LogP contribution in [0.4, 0.5) is 0 Å². The van der Waals surface area contributed by atoms with E-state index < -0.39 is 0 Å². The largest absolute Gasteiger partial charge is 0.350 e. The number of amides is 1. The van der Waals surface area contributed by atoms with E-state index in [1.165, 1.54) is 13.0 Å². The summed E-state index contributed by atoms with van der Waals surface area (Å²) in [5, 5.41) is 6.52.